The van der Waals surface area contributed by atoms with Gasteiger partial charge >= 0.3 is 5.97 Å². The normalized spacial score (nSPS) is 42.7. The highest BCUT2D eigenvalue weighted by molar-refractivity contribution is 6.05. The van der Waals surface area contributed by atoms with Gasteiger partial charge in [-0.3, -0.25) is 9.59 Å². The lowest BCUT2D eigenvalue weighted by atomic mass is 9.62. The molecule has 0 aromatic rings. The number of hydrogen-bond donors (Lipinski definition) is 0. The molecule has 3 aliphatic rings. The molecule has 2 fully saturated rings. The fourth-order valence-corrected chi connectivity index (χ4v) is 3.69. The van der Waals surface area contributed by atoms with E-state index in [2.05, 4.69) is 6.92 Å². The number of carbonyl (C=O) groups excluding carboxylic acids is 2. The highest BCUT2D eigenvalue weighted by atomic mass is 16.6. The summed E-state index contributed by atoms with van der Waals surface area (Å²) in [6.45, 7) is 5.94. The van der Waals surface area contributed by atoms with Crippen molar-refractivity contribution >= 4 is 11.8 Å². The summed E-state index contributed by atoms with van der Waals surface area (Å²) in [6.07, 6.45) is 5.46. The molecule has 96 valence electrons. The number of ether oxygens (including phenoxy) is 1. The van der Waals surface area contributed by atoms with Gasteiger partial charge in [-0.25, -0.2) is 0 Å². The molecule has 1 saturated heterocycles. The third kappa shape index (κ3) is 1.36. The number of rotatable bonds is 0. The summed E-state index contributed by atoms with van der Waals surface area (Å²) in [5.74, 6) is 0.144. The van der Waals surface area contributed by atoms with Gasteiger partial charge in [0.2, 0.25) is 0 Å². The second-order valence-electron chi connectivity index (χ2n) is 6.00. The largest absolute Gasteiger partial charge is 0.457 e. The Bertz CT molecular complexity index is 500. The van der Waals surface area contributed by atoms with Crippen LogP contribution in [0.4, 0.5) is 0 Å². The van der Waals surface area contributed by atoms with Crippen LogP contribution in [0.3, 0.4) is 0 Å². The van der Waals surface area contributed by atoms with Gasteiger partial charge in [-0.2, -0.15) is 0 Å². The van der Waals surface area contributed by atoms with Crippen LogP contribution in [0, 0.1) is 17.3 Å². The first-order chi connectivity index (χ1) is 8.44. The summed E-state index contributed by atoms with van der Waals surface area (Å²) in [5.41, 5.74) is 1.71. The van der Waals surface area contributed by atoms with Gasteiger partial charge in [-0.15, -0.1) is 0 Å². The molecule has 3 nitrogen and oxygen atoms in total. The average molecular weight is 246 g/mol. The molecule has 3 rings (SSSR count). The van der Waals surface area contributed by atoms with Crippen LogP contribution in [-0.2, 0) is 14.3 Å². The number of esters is 1. The quantitative estimate of drug-likeness (QED) is 0.616. The first-order valence-electron chi connectivity index (χ1n) is 6.59. The summed E-state index contributed by atoms with van der Waals surface area (Å²) in [5, 5.41) is 0. The highest BCUT2D eigenvalue weighted by Crippen LogP contribution is 2.52. The number of carbonyl (C=O) groups is 2. The lowest BCUT2D eigenvalue weighted by Crippen LogP contribution is -2.39. The van der Waals surface area contributed by atoms with E-state index in [-0.39, 0.29) is 35.1 Å². The monoisotopic (exact) mass is 246 g/mol. The Morgan fingerprint density at radius 2 is 2.11 bits per heavy atom. The van der Waals surface area contributed by atoms with Gasteiger partial charge in [0.05, 0.1) is 5.92 Å². The minimum atomic E-state index is -0.180. The van der Waals surface area contributed by atoms with Crippen molar-refractivity contribution < 1.29 is 14.3 Å². The third-order valence-corrected chi connectivity index (χ3v) is 4.92. The van der Waals surface area contributed by atoms with Gasteiger partial charge in [-0.05, 0) is 31.4 Å². The number of ketones is 1. The Hall–Kier alpha value is -1.38. The molecule has 4 atom stereocenters. The van der Waals surface area contributed by atoms with Gasteiger partial charge in [0.15, 0.2) is 5.78 Å². The fourth-order valence-electron chi connectivity index (χ4n) is 3.69. The van der Waals surface area contributed by atoms with E-state index < -0.39 is 0 Å². The molecule has 0 aromatic carbocycles. The zero-order chi connectivity index (χ0) is 13.1. The topological polar surface area (TPSA) is 43.4 Å². The Balaban J connectivity index is 2.10. The van der Waals surface area contributed by atoms with E-state index in [1.807, 2.05) is 19.9 Å². The Kier molecular flexibility index (Phi) is 2.31. The van der Waals surface area contributed by atoms with Gasteiger partial charge in [0.25, 0.3) is 0 Å². The Morgan fingerprint density at radius 3 is 2.83 bits per heavy atom. The van der Waals surface area contributed by atoms with Crippen molar-refractivity contribution in [3.8, 4) is 0 Å². The Morgan fingerprint density at radius 1 is 1.39 bits per heavy atom. The van der Waals surface area contributed by atoms with E-state index in [9.17, 15) is 9.59 Å². The van der Waals surface area contributed by atoms with E-state index in [0.29, 0.717) is 0 Å². The molecule has 0 spiro atoms. The van der Waals surface area contributed by atoms with Crippen LogP contribution < -0.4 is 0 Å². The van der Waals surface area contributed by atoms with Crippen LogP contribution >= 0.6 is 0 Å². The van der Waals surface area contributed by atoms with Crippen molar-refractivity contribution in [2.24, 2.45) is 17.3 Å². The summed E-state index contributed by atoms with van der Waals surface area (Å²) in [4.78, 5) is 23.6. The maximum absolute atomic E-state index is 11.9. The van der Waals surface area contributed by atoms with E-state index >= 15 is 0 Å². The SMILES string of the molecule is CC1=C2C3OC(=O)[C@H](C)C3CC[C@@]2(C)C=CC1=O. The van der Waals surface area contributed by atoms with Crippen molar-refractivity contribution in [2.75, 3.05) is 0 Å². The molecular weight excluding hydrogens is 228 g/mol. The highest BCUT2D eigenvalue weighted by Gasteiger charge is 2.52. The lowest BCUT2D eigenvalue weighted by molar-refractivity contribution is -0.143. The molecule has 0 aromatic heterocycles. The zero-order valence-electron chi connectivity index (χ0n) is 11.0. The number of allylic oxidation sites excluding steroid dienone is 3. The van der Waals surface area contributed by atoms with Crippen molar-refractivity contribution in [3.05, 3.63) is 23.3 Å². The summed E-state index contributed by atoms with van der Waals surface area (Å²) < 4.78 is 5.55. The molecule has 3 heteroatoms. The molecular formula is C15H18O3. The molecule has 0 radical (unpaired) electrons. The van der Waals surface area contributed by atoms with E-state index in [1.165, 1.54) is 0 Å². The maximum atomic E-state index is 11.9. The standard InChI is InChI=1S/C15H18O3/c1-8-10-4-6-15(3)7-5-11(16)9(2)12(15)13(10)18-14(8)17/h5,7-8,10,13H,4,6H2,1-3H3/t8-,10?,13?,15+/m1/s1. The van der Waals surface area contributed by atoms with Gasteiger partial charge < -0.3 is 4.74 Å². The van der Waals surface area contributed by atoms with Crippen LogP contribution in [0.5, 0.6) is 0 Å². The molecule has 2 unspecified atom stereocenters. The van der Waals surface area contributed by atoms with Crippen molar-refractivity contribution in [3.63, 3.8) is 0 Å². The lowest BCUT2D eigenvalue weighted by Gasteiger charge is -2.42. The first-order valence-corrected chi connectivity index (χ1v) is 6.59. The molecule has 1 heterocycles. The third-order valence-electron chi connectivity index (χ3n) is 4.92. The van der Waals surface area contributed by atoms with E-state index in [4.69, 9.17) is 4.74 Å². The van der Waals surface area contributed by atoms with Crippen molar-refractivity contribution in [1.29, 1.82) is 0 Å². The molecule has 2 aliphatic carbocycles. The minimum Gasteiger partial charge on any atom is -0.457 e. The van der Waals surface area contributed by atoms with E-state index in [0.717, 1.165) is 24.0 Å². The van der Waals surface area contributed by atoms with Crippen LogP contribution in [0.15, 0.2) is 23.3 Å². The average Bonchev–Trinajstić information content (AvgIpc) is 2.60. The molecule has 18 heavy (non-hydrogen) atoms. The van der Waals surface area contributed by atoms with Crippen LogP contribution in [0.25, 0.3) is 0 Å². The zero-order valence-corrected chi connectivity index (χ0v) is 11.0. The Labute approximate surface area is 107 Å². The summed E-state index contributed by atoms with van der Waals surface area (Å²) in [6, 6.07) is 0. The predicted octanol–water partition coefficient (Wildman–Crippen LogP) is 2.42. The molecule has 0 N–H and O–H groups in total. The van der Waals surface area contributed by atoms with Crippen LogP contribution in [-0.4, -0.2) is 17.9 Å². The fraction of sp³-hybridized carbons (Fsp3) is 0.600. The second kappa shape index (κ2) is 3.56. The number of hydrogen-bond acceptors (Lipinski definition) is 3. The van der Waals surface area contributed by atoms with Crippen molar-refractivity contribution in [1.82, 2.24) is 0 Å². The number of fused-ring (bicyclic) bond motifs is 3. The maximum Gasteiger partial charge on any atom is 0.309 e. The van der Waals surface area contributed by atoms with E-state index in [1.54, 1.807) is 6.08 Å². The van der Waals surface area contributed by atoms with Gasteiger partial charge in [0, 0.05) is 16.9 Å². The van der Waals surface area contributed by atoms with Crippen LogP contribution in [0.1, 0.15) is 33.6 Å². The smallest absolute Gasteiger partial charge is 0.309 e. The first kappa shape index (κ1) is 11.7. The van der Waals surface area contributed by atoms with Gasteiger partial charge in [-0.1, -0.05) is 19.9 Å². The minimum absolute atomic E-state index is 0.0409. The summed E-state index contributed by atoms with van der Waals surface area (Å²) in [7, 11) is 0. The van der Waals surface area contributed by atoms with Crippen LogP contribution in [0.2, 0.25) is 0 Å². The van der Waals surface area contributed by atoms with Crippen molar-refractivity contribution in [2.45, 2.75) is 39.7 Å². The predicted molar refractivity (Wildman–Crippen MR) is 66.7 cm³/mol. The molecule has 0 amide bonds. The molecule has 0 bridgehead atoms. The summed E-state index contributed by atoms with van der Waals surface area (Å²) >= 11 is 0. The second-order valence-corrected chi connectivity index (χ2v) is 6.00. The molecule has 1 aliphatic heterocycles. The van der Waals surface area contributed by atoms with Gasteiger partial charge in [0.1, 0.15) is 6.10 Å². The molecule has 1 saturated carbocycles.